The quantitative estimate of drug-likeness (QED) is 0.338. The van der Waals surface area contributed by atoms with E-state index in [2.05, 4.69) is 25.1 Å². The molecule has 0 radical (unpaired) electrons. The summed E-state index contributed by atoms with van der Waals surface area (Å²) in [6.07, 6.45) is -2.61. The van der Waals surface area contributed by atoms with E-state index >= 15 is 0 Å². The molecule has 2 aliphatic rings. The third-order valence-corrected chi connectivity index (χ3v) is 6.91. The molecule has 1 fully saturated rings. The number of pyridine rings is 1. The number of rotatable bonds is 8. The Balaban J connectivity index is 1.27. The number of anilines is 1. The van der Waals surface area contributed by atoms with Crippen LogP contribution in [0.2, 0.25) is 0 Å². The highest BCUT2D eigenvalue weighted by molar-refractivity contribution is 6.01. The van der Waals surface area contributed by atoms with Crippen LogP contribution in [0.5, 0.6) is 11.5 Å². The minimum Gasteiger partial charge on any atom is -0.460 e. The molecular weight excluding hydrogens is 548 g/mol. The summed E-state index contributed by atoms with van der Waals surface area (Å²) >= 11 is 0. The molecule has 0 bridgehead atoms. The smallest absolute Gasteiger partial charge is 0.460 e. The first-order chi connectivity index (χ1) is 19.7. The van der Waals surface area contributed by atoms with Gasteiger partial charge < -0.3 is 24.8 Å². The van der Waals surface area contributed by atoms with Gasteiger partial charge in [-0.3, -0.25) is 14.4 Å². The van der Waals surface area contributed by atoms with Gasteiger partial charge in [0.05, 0.1) is 17.5 Å². The lowest BCUT2D eigenvalue weighted by atomic mass is 9.94. The van der Waals surface area contributed by atoms with E-state index in [0.717, 1.165) is 5.56 Å². The fourth-order valence-corrected chi connectivity index (χ4v) is 4.73. The number of amides is 2. The van der Waals surface area contributed by atoms with Crippen LogP contribution in [-0.4, -0.2) is 41.2 Å². The van der Waals surface area contributed by atoms with Gasteiger partial charge in [0.1, 0.15) is 11.4 Å². The lowest BCUT2D eigenvalue weighted by molar-refractivity contribution is -0.286. The summed E-state index contributed by atoms with van der Waals surface area (Å²) in [7, 11) is 0. The Labute approximate surface area is 241 Å². The van der Waals surface area contributed by atoms with Gasteiger partial charge in [-0.2, -0.15) is 0 Å². The van der Waals surface area contributed by atoms with E-state index in [1.54, 1.807) is 51.1 Å². The number of carbonyl (C=O) groups is 3. The van der Waals surface area contributed by atoms with Gasteiger partial charge in [0.15, 0.2) is 11.5 Å². The van der Waals surface area contributed by atoms with Crippen molar-refractivity contribution < 1.29 is 37.4 Å². The van der Waals surface area contributed by atoms with Gasteiger partial charge in [-0.05, 0) is 82.0 Å². The number of carbonyl (C=O) groups excluding carboxylic acids is 3. The van der Waals surface area contributed by atoms with E-state index < -0.39 is 23.3 Å². The van der Waals surface area contributed by atoms with Crippen LogP contribution >= 0.6 is 0 Å². The summed E-state index contributed by atoms with van der Waals surface area (Å²) in [6, 6.07) is 14.8. The molecule has 1 aliphatic carbocycles. The second kappa shape index (κ2) is 10.7. The predicted octanol–water partition coefficient (Wildman–Crippen LogP) is 5.51. The number of hydrogen-bond acceptors (Lipinski definition) is 7. The molecule has 0 saturated heterocycles. The van der Waals surface area contributed by atoms with Crippen LogP contribution < -0.4 is 20.1 Å². The van der Waals surface area contributed by atoms with Crippen molar-refractivity contribution in [3.05, 3.63) is 71.3 Å². The molecule has 220 valence electrons. The van der Waals surface area contributed by atoms with Crippen LogP contribution in [-0.2, 0) is 19.7 Å². The standard InChI is InChI=1S/C31H31F2N3O6/c1-18-8-11-24(36-28(39)30(13-14-30)21-9-10-22-23(17-21)41-31(32,33)40-22)35-26(18)19-6-5-7-20(16-19)27(38)34-15-12-25(37)42-29(2,3)4/h5-11,16-17H,12-15H2,1-4H3,(H,34,38)(H,35,36,39). The number of aryl methyl sites for hydroxylation is 1. The van der Waals surface area contributed by atoms with Crippen molar-refractivity contribution in [2.24, 2.45) is 0 Å². The second-order valence-corrected chi connectivity index (χ2v) is 11.4. The van der Waals surface area contributed by atoms with Gasteiger partial charge in [0.25, 0.3) is 5.91 Å². The van der Waals surface area contributed by atoms with Crippen molar-refractivity contribution in [1.29, 1.82) is 0 Å². The maximum Gasteiger partial charge on any atom is 0.586 e. The molecule has 2 aromatic carbocycles. The largest absolute Gasteiger partial charge is 0.586 e. The molecule has 0 spiro atoms. The van der Waals surface area contributed by atoms with E-state index in [4.69, 9.17) is 4.74 Å². The zero-order valence-corrected chi connectivity index (χ0v) is 23.7. The van der Waals surface area contributed by atoms with E-state index in [1.165, 1.54) is 12.1 Å². The number of alkyl halides is 2. The van der Waals surface area contributed by atoms with Gasteiger partial charge in [-0.1, -0.05) is 24.3 Å². The first kappa shape index (κ1) is 29.0. The SMILES string of the molecule is Cc1ccc(NC(=O)C2(c3ccc4c(c3)OC(F)(F)O4)CC2)nc1-c1cccc(C(=O)NCCC(=O)OC(C)(C)C)c1. The Morgan fingerprint density at radius 3 is 2.45 bits per heavy atom. The highest BCUT2D eigenvalue weighted by Crippen LogP contribution is 2.52. The Hall–Kier alpha value is -4.54. The summed E-state index contributed by atoms with van der Waals surface area (Å²) in [4.78, 5) is 42.7. The lowest BCUT2D eigenvalue weighted by Gasteiger charge is -2.19. The van der Waals surface area contributed by atoms with Gasteiger partial charge in [-0.25, -0.2) is 4.98 Å². The Kier molecular flexibility index (Phi) is 7.38. The fraction of sp³-hybridized carbons (Fsp3) is 0.355. The van der Waals surface area contributed by atoms with Gasteiger partial charge in [-0.15, -0.1) is 8.78 Å². The summed E-state index contributed by atoms with van der Waals surface area (Å²) in [6.45, 7) is 7.33. The highest BCUT2D eigenvalue weighted by Gasteiger charge is 2.53. The zero-order chi connectivity index (χ0) is 30.3. The summed E-state index contributed by atoms with van der Waals surface area (Å²) in [5.74, 6) is -0.937. The molecule has 1 aliphatic heterocycles. The molecule has 3 aromatic rings. The Morgan fingerprint density at radius 2 is 1.74 bits per heavy atom. The van der Waals surface area contributed by atoms with Crippen LogP contribution in [0.25, 0.3) is 11.3 Å². The van der Waals surface area contributed by atoms with Crippen LogP contribution in [0.1, 0.15) is 61.5 Å². The van der Waals surface area contributed by atoms with Crippen molar-refractivity contribution in [2.75, 3.05) is 11.9 Å². The van der Waals surface area contributed by atoms with Crippen LogP contribution in [0.3, 0.4) is 0 Å². The third kappa shape index (κ3) is 6.35. The van der Waals surface area contributed by atoms with Gasteiger partial charge in [0, 0.05) is 17.7 Å². The van der Waals surface area contributed by atoms with E-state index in [-0.39, 0.29) is 36.3 Å². The third-order valence-electron chi connectivity index (χ3n) is 6.91. The molecule has 0 atom stereocenters. The first-order valence-electron chi connectivity index (χ1n) is 13.5. The maximum absolute atomic E-state index is 13.5. The van der Waals surface area contributed by atoms with E-state index in [9.17, 15) is 23.2 Å². The summed E-state index contributed by atoms with van der Waals surface area (Å²) in [5.41, 5.74) is 1.52. The van der Waals surface area contributed by atoms with Crippen molar-refractivity contribution in [2.45, 2.75) is 64.3 Å². The van der Waals surface area contributed by atoms with Crippen molar-refractivity contribution >= 4 is 23.6 Å². The molecule has 0 unspecified atom stereocenters. The molecule has 9 nitrogen and oxygen atoms in total. The number of nitrogens with zero attached hydrogens (tertiary/aromatic N) is 1. The number of ether oxygens (including phenoxy) is 3. The predicted molar refractivity (Wildman–Crippen MR) is 149 cm³/mol. The number of halogens is 2. The average Bonchev–Trinajstić information content (AvgIpc) is 3.65. The molecule has 1 saturated carbocycles. The molecule has 5 rings (SSSR count). The second-order valence-electron chi connectivity index (χ2n) is 11.4. The molecule has 2 amide bonds. The Bertz CT molecular complexity index is 1560. The van der Waals surface area contributed by atoms with Crippen LogP contribution in [0.4, 0.5) is 14.6 Å². The summed E-state index contributed by atoms with van der Waals surface area (Å²) in [5, 5.41) is 5.59. The monoisotopic (exact) mass is 579 g/mol. The zero-order valence-electron chi connectivity index (χ0n) is 23.7. The first-order valence-corrected chi connectivity index (χ1v) is 13.5. The number of nitrogens with one attached hydrogen (secondary N) is 2. The molecule has 42 heavy (non-hydrogen) atoms. The summed E-state index contributed by atoms with van der Waals surface area (Å²) < 4.78 is 41.2. The normalized spacial score (nSPS) is 16.0. The van der Waals surface area contributed by atoms with E-state index in [0.29, 0.717) is 41.0 Å². The molecular formula is C31H31F2N3O6. The fourth-order valence-electron chi connectivity index (χ4n) is 4.73. The molecule has 2 N–H and O–H groups in total. The average molecular weight is 580 g/mol. The van der Waals surface area contributed by atoms with Crippen LogP contribution in [0.15, 0.2) is 54.6 Å². The molecule has 2 heterocycles. The lowest BCUT2D eigenvalue weighted by Crippen LogP contribution is -2.29. The Morgan fingerprint density at radius 1 is 1.00 bits per heavy atom. The minimum absolute atomic E-state index is 0.0470. The number of aromatic nitrogens is 1. The topological polar surface area (TPSA) is 116 Å². The van der Waals surface area contributed by atoms with Gasteiger partial charge >= 0.3 is 12.3 Å². The highest BCUT2D eigenvalue weighted by atomic mass is 19.3. The van der Waals surface area contributed by atoms with E-state index in [1.807, 2.05) is 19.1 Å². The maximum atomic E-state index is 13.5. The number of hydrogen-bond donors (Lipinski definition) is 2. The van der Waals surface area contributed by atoms with Gasteiger partial charge in [0.2, 0.25) is 5.91 Å². The van der Waals surface area contributed by atoms with Crippen LogP contribution in [0, 0.1) is 6.92 Å². The van der Waals surface area contributed by atoms with Crippen molar-refractivity contribution in [3.8, 4) is 22.8 Å². The molecule has 11 heteroatoms. The van der Waals surface area contributed by atoms with Crippen molar-refractivity contribution in [1.82, 2.24) is 10.3 Å². The number of benzene rings is 2. The number of esters is 1. The molecule has 1 aromatic heterocycles. The van der Waals surface area contributed by atoms with Crippen molar-refractivity contribution in [3.63, 3.8) is 0 Å². The number of fused-ring (bicyclic) bond motifs is 1. The minimum atomic E-state index is -3.74.